The van der Waals surface area contributed by atoms with Gasteiger partial charge in [-0.3, -0.25) is 4.79 Å². The van der Waals surface area contributed by atoms with Gasteiger partial charge in [0.2, 0.25) is 0 Å². The maximum atomic E-state index is 11.7. The van der Waals surface area contributed by atoms with Gasteiger partial charge in [-0.15, -0.1) is 0 Å². The van der Waals surface area contributed by atoms with E-state index in [0.29, 0.717) is 5.75 Å². The standard InChI is InChI=1S/C13H19NO4/c1-9-4-3-5-12(6-9)18-10(2)13(17)14-11(7-15)8-16/h3-6,10-11,15-16H,7-8H2,1-2H3,(H,14,17). The van der Waals surface area contributed by atoms with Crippen molar-refractivity contribution in [3.8, 4) is 5.75 Å². The molecule has 0 fully saturated rings. The molecule has 0 radical (unpaired) electrons. The summed E-state index contributed by atoms with van der Waals surface area (Å²) in [5.74, 6) is 0.242. The van der Waals surface area contributed by atoms with E-state index in [1.54, 1.807) is 13.0 Å². The zero-order chi connectivity index (χ0) is 13.5. The molecule has 1 unspecified atom stereocenters. The van der Waals surface area contributed by atoms with Crippen LogP contribution in [0.4, 0.5) is 0 Å². The van der Waals surface area contributed by atoms with Crippen LogP contribution in [0.5, 0.6) is 5.75 Å². The lowest BCUT2D eigenvalue weighted by atomic mass is 10.2. The Labute approximate surface area is 106 Å². The second-order valence-corrected chi connectivity index (χ2v) is 4.15. The molecule has 0 aliphatic carbocycles. The first-order chi connectivity index (χ1) is 8.56. The van der Waals surface area contributed by atoms with E-state index in [0.717, 1.165) is 5.56 Å². The molecule has 1 aromatic rings. The number of amides is 1. The molecule has 0 aliphatic rings. The van der Waals surface area contributed by atoms with Gasteiger partial charge in [0.05, 0.1) is 19.3 Å². The van der Waals surface area contributed by atoms with Crippen molar-refractivity contribution in [1.29, 1.82) is 0 Å². The first kappa shape index (κ1) is 14.5. The predicted octanol–water partition coefficient (Wildman–Crippen LogP) is 0.232. The molecular weight excluding hydrogens is 234 g/mol. The minimum absolute atomic E-state index is 0.306. The average molecular weight is 253 g/mol. The van der Waals surface area contributed by atoms with Crippen molar-refractivity contribution in [2.45, 2.75) is 26.0 Å². The molecule has 0 bridgehead atoms. The highest BCUT2D eigenvalue weighted by atomic mass is 16.5. The topological polar surface area (TPSA) is 78.8 Å². The molecule has 1 amide bonds. The van der Waals surface area contributed by atoms with Crippen LogP contribution < -0.4 is 10.1 Å². The van der Waals surface area contributed by atoms with E-state index in [-0.39, 0.29) is 19.1 Å². The number of hydrogen-bond acceptors (Lipinski definition) is 4. The number of rotatable bonds is 6. The lowest BCUT2D eigenvalue weighted by Gasteiger charge is -2.18. The number of hydrogen-bond donors (Lipinski definition) is 3. The van der Waals surface area contributed by atoms with Crippen LogP contribution in [-0.2, 0) is 4.79 Å². The predicted molar refractivity (Wildman–Crippen MR) is 67.4 cm³/mol. The minimum Gasteiger partial charge on any atom is -0.481 e. The molecule has 0 aromatic heterocycles. The van der Waals surface area contributed by atoms with E-state index in [9.17, 15) is 4.79 Å². The third kappa shape index (κ3) is 4.35. The molecule has 0 saturated heterocycles. The Morgan fingerprint density at radius 2 is 2.06 bits per heavy atom. The van der Waals surface area contributed by atoms with Crippen molar-refractivity contribution in [3.63, 3.8) is 0 Å². The molecule has 5 nitrogen and oxygen atoms in total. The van der Waals surface area contributed by atoms with Crippen LogP contribution in [0.3, 0.4) is 0 Å². The summed E-state index contributed by atoms with van der Waals surface area (Å²) < 4.78 is 5.47. The average Bonchev–Trinajstić information content (AvgIpc) is 2.35. The van der Waals surface area contributed by atoms with E-state index in [2.05, 4.69) is 5.32 Å². The SMILES string of the molecule is Cc1cccc(OC(C)C(=O)NC(CO)CO)c1. The van der Waals surface area contributed by atoms with Crippen molar-refractivity contribution in [3.05, 3.63) is 29.8 Å². The van der Waals surface area contributed by atoms with Gasteiger partial charge in [-0.25, -0.2) is 0 Å². The Kier molecular flexibility index (Phi) is 5.61. The van der Waals surface area contributed by atoms with Crippen LogP contribution in [-0.4, -0.2) is 41.5 Å². The zero-order valence-corrected chi connectivity index (χ0v) is 10.6. The van der Waals surface area contributed by atoms with Crippen molar-refractivity contribution >= 4 is 5.91 Å². The first-order valence-corrected chi connectivity index (χ1v) is 5.82. The normalized spacial score (nSPS) is 12.3. The third-order valence-electron chi connectivity index (χ3n) is 2.46. The number of carbonyl (C=O) groups is 1. The van der Waals surface area contributed by atoms with Gasteiger partial charge < -0.3 is 20.3 Å². The Morgan fingerprint density at radius 1 is 1.39 bits per heavy atom. The van der Waals surface area contributed by atoms with Crippen LogP contribution >= 0.6 is 0 Å². The fraction of sp³-hybridized carbons (Fsp3) is 0.462. The van der Waals surface area contributed by atoms with Crippen LogP contribution in [0.25, 0.3) is 0 Å². The Hall–Kier alpha value is -1.59. The fourth-order valence-corrected chi connectivity index (χ4v) is 1.41. The summed E-state index contributed by atoms with van der Waals surface area (Å²) in [6, 6.07) is 6.73. The largest absolute Gasteiger partial charge is 0.481 e. The van der Waals surface area contributed by atoms with Crippen molar-refractivity contribution in [1.82, 2.24) is 5.32 Å². The number of carbonyl (C=O) groups excluding carboxylic acids is 1. The van der Waals surface area contributed by atoms with Crippen LogP contribution in [0, 0.1) is 6.92 Å². The van der Waals surface area contributed by atoms with E-state index in [4.69, 9.17) is 14.9 Å². The van der Waals surface area contributed by atoms with Gasteiger partial charge in [0.25, 0.3) is 5.91 Å². The summed E-state index contributed by atoms with van der Waals surface area (Å²) in [5.41, 5.74) is 1.05. The highest BCUT2D eigenvalue weighted by Gasteiger charge is 2.18. The molecule has 3 N–H and O–H groups in total. The molecule has 0 heterocycles. The lowest BCUT2D eigenvalue weighted by Crippen LogP contribution is -2.45. The summed E-state index contributed by atoms with van der Waals surface area (Å²) >= 11 is 0. The van der Waals surface area contributed by atoms with Gasteiger partial charge in [0, 0.05) is 0 Å². The summed E-state index contributed by atoms with van der Waals surface area (Å²) in [6.07, 6.45) is -0.688. The fourth-order valence-electron chi connectivity index (χ4n) is 1.41. The second-order valence-electron chi connectivity index (χ2n) is 4.15. The van der Waals surface area contributed by atoms with Gasteiger partial charge in [-0.1, -0.05) is 12.1 Å². The number of ether oxygens (including phenoxy) is 1. The quantitative estimate of drug-likeness (QED) is 0.678. The van der Waals surface area contributed by atoms with E-state index in [1.165, 1.54) is 0 Å². The molecule has 18 heavy (non-hydrogen) atoms. The molecule has 0 saturated carbocycles. The Bertz CT molecular complexity index is 390. The minimum atomic E-state index is -0.688. The molecular formula is C13H19NO4. The van der Waals surface area contributed by atoms with E-state index < -0.39 is 12.1 Å². The molecule has 5 heteroatoms. The Morgan fingerprint density at radius 3 is 2.61 bits per heavy atom. The molecule has 0 aliphatic heterocycles. The van der Waals surface area contributed by atoms with Crippen molar-refractivity contribution in [2.24, 2.45) is 0 Å². The van der Waals surface area contributed by atoms with Crippen LogP contribution in [0.2, 0.25) is 0 Å². The second kappa shape index (κ2) is 6.98. The molecule has 0 spiro atoms. The Balaban J connectivity index is 2.54. The number of aryl methyl sites for hydroxylation is 1. The summed E-state index contributed by atoms with van der Waals surface area (Å²) in [6.45, 7) is 2.94. The van der Waals surface area contributed by atoms with E-state index >= 15 is 0 Å². The van der Waals surface area contributed by atoms with Crippen LogP contribution in [0.15, 0.2) is 24.3 Å². The van der Waals surface area contributed by atoms with Gasteiger partial charge in [0.15, 0.2) is 6.10 Å². The lowest BCUT2D eigenvalue weighted by molar-refractivity contribution is -0.128. The number of aliphatic hydroxyl groups excluding tert-OH is 2. The third-order valence-corrected chi connectivity index (χ3v) is 2.46. The van der Waals surface area contributed by atoms with Crippen molar-refractivity contribution < 1.29 is 19.7 Å². The summed E-state index contributed by atoms with van der Waals surface area (Å²) in [5, 5.41) is 20.2. The van der Waals surface area contributed by atoms with Gasteiger partial charge >= 0.3 is 0 Å². The monoisotopic (exact) mass is 253 g/mol. The number of benzene rings is 1. The first-order valence-electron chi connectivity index (χ1n) is 5.82. The highest BCUT2D eigenvalue weighted by molar-refractivity contribution is 5.81. The van der Waals surface area contributed by atoms with E-state index in [1.807, 2.05) is 25.1 Å². The molecule has 1 aromatic carbocycles. The maximum Gasteiger partial charge on any atom is 0.261 e. The maximum absolute atomic E-state index is 11.7. The highest BCUT2D eigenvalue weighted by Crippen LogP contribution is 2.14. The number of nitrogens with one attached hydrogen (secondary N) is 1. The van der Waals surface area contributed by atoms with Gasteiger partial charge in [-0.2, -0.15) is 0 Å². The smallest absolute Gasteiger partial charge is 0.261 e. The molecule has 1 atom stereocenters. The molecule has 100 valence electrons. The number of aliphatic hydroxyl groups is 2. The molecule has 1 rings (SSSR count). The van der Waals surface area contributed by atoms with Gasteiger partial charge in [0.1, 0.15) is 5.75 Å². The van der Waals surface area contributed by atoms with Crippen LogP contribution in [0.1, 0.15) is 12.5 Å². The zero-order valence-electron chi connectivity index (χ0n) is 10.6. The van der Waals surface area contributed by atoms with Crippen molar-refractivity contribution in [2.75, 3.05) is 13.2 Å². The summed E-state index contributed by atoms with van der Waals surface area (Å²) in [4.78, 5) is 11.7. The summed E-state index contributed by atoms with van der Waals surface area (Å²) in [7, 11) is 0. The van der Waals surface area contributed by atoms with Gasteiger partial charge in [-0.05, 0) is 31.5 Å².